The molecule has 0 atom stereocenters. The molecule has 158 valence electrons. The minimum atomic E-state index is -0.194. The molecule has 2 fully saturated rings. The predicted molar refractivity (Wildman–Crippen MR) is 111 cm³/mol. The average molecular weight is 383 g/mol. The lowest BCUT2D eigenvalue weighted by atomic mass is 10.0. The third kappa shape index (κ3) is 8.06. The summed E-state index contributed by atoms with van der Waals surface area (Å²) in [6.07, 6.45) is 2.50. The Morgan fingerprint density at radius 3 is 2.07 bits per heavy atom. The highest BCUT2D eigenvalue weighted by molar-refractivity contribution is 5.77. The van der Waals surface area contributed by atoms with Gasteiger partial charge in [0.25, 0.3) is 0 Å². The highest BCUT2D eigenvalue weighted by Crippen LogP contribution is 2.21. The molecule has 0 saturated carbocycles. The second-order valence-corrected chi connectivity index (χ2v) is 10.1. The summed E-state index contributed by atoms with van der Waals surface area (Å²) in [5.41, 5.74) is 0.0972. The summed E-state index contributed by atoms with van der Waals surface area (Å²) < 4.78 is 5.56. The second kappa shape index (κ2) is 9.68. The smallest absolute Gasteiger partial charge is 0.246 e. The lowest BCUT2D eigenvalue weighted by Crippen LogP contribution is -2.57. The van der Waals surface area contributed by atoms with Crippen molar-refractivity contribution in [2.24, 2.45) is 0 Å². The average Bonchev–Trinajstić information content (AvgIpc) is 2.57. The van der Waals surface area contributed by atoms with E-state index in [9.17, 15) is 4.79 Å². The van der Waals surface area contributed by atoms with E-state index in [1.165, 1.54) is 39.0 Å². The number of ether oxygens (including phenoxy) is 1. The van der Waals surface area contributed by atoms with Gasteiger partial charge in [-0.25, -0.2) is 0 Å². The first kappa shape index (κ1) is 22.6. The first-order chi connectivity index (χ1) is 12.5. The molecule has 0 aromatic rings. The van der Waals surface area contributed by atoms with E-state index in [1.807, 2.05) is 20.8 Å². The zero-order chi connectivity index (χ0) is 20.1. The molecule has 6 heteroatoms. The van der Waals surface area contributed by atoms with Gasteiger partial charge in [-0.2, -0.15) is 0 Å². The number of hydrogen-bond acceptors (Lipinski definition) is 5. The van der Waals surface area contributed by atoms with Crippen LogP contribution in [0.3, 0.4) is 0 Å². The number of amides is 1. The summed E-state index contributed by atoms with van der Waals surface area (Å²) in [7, 11) is 0. The summed E-state index contributed by atoms with van der Waals surface area (Å²) in [6, 6.07) is 0.738. The first-order valence-corrected chi connectivity index (χ1v) is 10.6. The molecule has 0 bridgehead atoms. The Hall–Kier alpha value is -0.690. The van der Waals surface area contributed by atoms with E-state index in [2.05, 4.69) is 40.8 Å². The van der Waals surface area contributed by atoms with Crippen LogP contribution in [0.5, 0.6) is 0 Å². The molecule has 2 rings (SSSR count). The Morgan fingerprint density at radius 1 is 0.963 bits per heavy atom. The number of rotatable bonds is 6. The highest BCUT2D eigenvalue weighted by atomic mass is 16.5. The topological polar surface area (TPSA) is 48.1 Å². The molecule has 0 aliphatic carbocycles. The number of likely N-dealkylation sites (tertiary alicyclic amines) is 1. The van der Waals surface area contributed by atoms with Gasteiger partial charge in [-0.3, -0.25) is 14.6 Å². The van der Waals surface area contributed by atoms with Gasteiger partial charge in [-0.15, -0.1) is 0 Å². The molecule has 1 N–H and O–H groups in total. The van der Waals surface area contributed by atoms with Crippen LogP contribution in [-0.4, -0.2) is 96.8 Å². The van der Waals surface area contributed by atoms with Gasteiger partial charge < -0.3 is 15.0 Å². The minimum Gasteiger partial charge on any atom is -0.370 e. The lowest BCUT2D eigenvalue weighted by molar-refractivity contribution is -0.127. The normalized spacial score (nSPS) is 22.1. The number of piperazine rings is 1. The van der Waals surface area contributed by atoms with Crippen LogP contribution in [0.2, 0.25) is 0 Å². The van der Waals surface area contributed by atoms with Crippen LogP contribution in [0, 0.1) is 0 Å². The van der Waals surface area contributed by atoms with Gasteiger partial charge in [0.15, 0.2) is 0 Å². The van der Waals surface area contributed by atoms with Gasteiger partial charge >= 0.3 is 0 Å². The van der Waals surface area contributed by atoms with Crippen molar-refractivity contribution < 1.29 is 9.53 Å². The second-order valence-electron chi connectivity index (χ2n) is 10.1. The Morgan fingerprint density at radius 2 is 1.56 bits per heavy atom. The van der Waals surface area contributed by atoms with Crippen molar-refractivity contribution in [1.82, 2.24) is 20.0 Å². The van der Waals surface area contributed by atoms with Gasteiger partial charge in [-0.1, -0.05) is 0 Å². The molecule has 0 radical (unpaired) electrons. The van der Waals surface area contributed by atoms with E-state index in [0.717, 1.165) is 25.7 Å². The van der Waals surface area contributed by atoms with Gasteiger partial charge in [0.05, 0.1) is 6.61 Å². The van der Waals surface area contributed by atoms with Gasteiger partial charge in [-0.05, 0) is 67.5 Å². The van der Waals surface area contributed by atoms with Gasteiger partial charge in [0, 0.05) is 49.8 Å². The number of piperidine rings is 1. The number of hydrogen-bond donors (Lipinski definition) is 1. The molecular formula is C21H42N4O2. The summed E-state index contributed by atoms with van der Waals surface area (Å²) in [6.45, 7) is 21.7. The largest absolute Gasteiger partial charge is 0.370 e. The van der Waals surface area contributed by atoms with E-state index < -0.39 is 0 Å². The molecule has 2 heterocycles. The van der Waals surface area contributed by atoms with Gasteiger partial charge in [0.1, 0.15) is 6.61 Å². The molecule has 6 nitrogen and oxygen atoms in total. The third-order valence-corrected chi connectivity index (χ3v) is 5.64. The quantitative estimate of drug-likeness (QED) is 0.710. The van der Waals surface area contributed by atoms with Crippen LogP contribution in [0.4, 0.5) is 0 Å². The van der Waals surface area contributed by atoms with Crippen LogP contribution in [0.25, 0.3) is 0 Å². The molecule has 2 aliphatic heterocycles. The molecule has 27 heavy (non-hydrogen) atoms. The fraction of sp³-hybridized carbons (Fsp3) is 0.952. The number of carbonyl (C=O) groups excluding carboxylic acids is 1. The van der Waals surface area contributed by atoms with Crippen molar-refractivity contribution in [2.45, 2.75) is 71.5 Å². The molecule has 0 spiro atoms. The SMILES string of the molecule is CC(C)(C)NC(=O)COCCN1CCC(N2CCN(C(C)(C)C)CC2)CC1. The summed E-state index contributed by atoms with van der Waals surface area (Å²) >= 11 is 0. The summed E-state index contributed by atoms with van der Waals surface area (Å²) in [4.78, 5) is 19.5. The fourth-order valence-corrected chi connectivity index (χ4v) is 4.08. The zero-order valence-electron chi connectivity index (χ0n) is 18.5. The lowest BCUT2D eigenvalue weighted by Gasteiger charge is -2.46. The number of nitrogens with zero attached hydrogens (tertiary/aromatic N) is 3. The minimum absolute atomic E-state index is 0.0318. The van der Waals surface area contributed by atoms with Crippen molar-refractivity contribution in [3.63, 3.8) is 0 Å². The van der Waals surface area contributed by atoms with Crippen molar-refractivity contribution in [1.29, 1.82) is 0 Å². The van der Waals surface area contributed by atoms with Crippen molar-refractivity contribution in [3.8, 4) is 0 Å². The molecule has 0 aromatic heterocycles. The van der Waals surface area contributed by atoms with E-state index in [4.69, 9.17) is 4.74 Å². The Balaban J connectivity index is 1.58. The van der Waals surface area contributed by atoms with Crippen LogP contribution in [0.1, 0.15) is 54.4 Å². The molecule has 2 saturated heterocycles. The van der Waals surface area contributed by atoms with Crippen LogP contribution >= 0.6 is 0 Å². The molecule has 2 aliphatic rings. The highest BCUT2D eigenvalue weighted by Gasteiger charge is 2.30. The molecular weight excluding hydrogens is 340 g/mol. The maximum Gasteiger partial charge on any atom is 0.246 e. The number of carbonyl (C=O) groups is 1. The van der Waals surface area contributed by atoms with Crippen molar-refractivity contribution >= 4 is 5.91 Å². The van der Waals surface area contributed by atoms with Crippen LogP contribution < -0.4 is 5.32 Å². The maximum atomic E-state index is 11.8. The molecule has 1 amide bonds. The first-order valence-electron chi connectivity index (χ1n) is 10.6. The van der Waals surface area contributed by atoms with E-state index >= 15 is 0 Å². The standard InChI is InChI=1S/C21H42N4O2/c1-20(2,3)22-19(26)17-27-16-15-23-9-7-18(8-10-23)24-11-13-25(14-12-24)21(4,5)6/h18H,7-17H2,1-6H3,(H,22,26). The maximum absolute atomic E-state index is 11.8. The third-order valence-electron chi connectivity index (χ3n) is 5.64. The van der Waals surface area contributed by atoms with Crippen molar-refractivity contribution in [3.05, 3.63) is 0 Å². The van der Waals surface area contributed by atoms with E-state index in [-0.39, 0.29) is 18.1 Å². The van der Waals surface area contributed by atoms with E-state index in [1.54, 1.807) is 0 Å². The van der Waals surface area contributed by atoms with E-state index in [0.29, 0.717) is 12.1 Å². The Bertz CT molecular complexity index is 454. The Kier molecular flexibility index (Phi) is 8.10. The Labute approximate surface area is 166 Å². The van der Waals surface area contributed by atoms with Crippen molar-refractivity contribution in [2.75, 3.05) is 59.0 Å². The summed E-state index contributed by atoms with van der Waals surface area (Å²) in [5.74, 6) is -0.0318. The van der Waals surface area contributed by atoms with Crippen LogP contribution in [-0.2, 0) is 9.53 Å². The molecule has 0 unspecified atom stereocenters. The summed E-state index contributed by atoms with van der Waals surface area (Å²) in [5, 5.41) is 2.93. The molecule has 0 aromatic carbocycles. The zero-order valence-corrected chi connectivity index (χ0v) is 18.5. The number of nitrogens with one attached hydrogen (secondary N) is 1. The predicted octanol–water partition coefficient (Wildman–Crippen LogP) is 1.80. The van der Waals surface area contributed by atoms with Gasteiger partial charge in [0.2, 0.25) is 5.91 Å². The monoisotopic (exact) mass is 382 g/mol. The van der Waals surface area contributed by atoms with Crippen LogP contribution in [0.15, 0.2) is 0 Å². The fourth-order valence-electron chi connectivity index (χ4n) is 4.08.